The van der Waals surface area contributed by atoms with E-state index >= 15 is 0 Å². The maximum atomic E-state index is 15.0. The summed E-state index contributed by atoms with van der Waals surface area (Å²) in [4.78, 5) is 30.5. The van der Waals surface area contributed by atoms with E-state index in [1.807, 2.05) is 45.0 Å². The van der Waals surface area contributed by atoms with Crippen molar-refractivity contribution in [1.82, 2.24) is 10.2 Å². The van der Waals surface area contributed by atoms with Gasteiger partial charge in [0.2, 0.25) is 6.79 Å². The third-order valence-corrected chi connectivity index (χ3v) is 14.8. The minimum atomic E-state index is -1.40. The Balaban J connectivity index is 1.31. The van der Waals surface area contributed by atoms with Crippen molar-refractivity contribution in [2.24, 2.45) is 17.6 Å². The molecule has 13 heteroatoms. The van der Waals surface area contributed by atoms with Crippen LogP contribution < -0.4 is 30.0 Å². The van der Waals surface area contributed by atoms with Crippen LogP contribution in [0.5, 0.6) is 28.7 Å². The molecule has 0 saturated carbocycles. The summed E-state index contributed by atoms with van der Waals surface area (Å²) in [5.74, 6) is 1.65. The zero-order valence-electron chi connectivity index (χ0n) is 33.5. The number of piperidine rings is 1. The molecule has 57 heavy (non-hydrogen) atoms. The van der Waals surface area contributed by atoms with Crippen LogP contribution in [-0.4, -0.2) is 73.9 Å². The molecule has 1 fully saturated rings. The summed E-state index contributed by atoms with van der Waals surface area (Å²) < 4.78 is 37.4. The predicted molar refractivity (Wildman–Crippen MR) is 215 cm³/mol. The molecule has 0 amide bonds. The molecule has 2 bridgehead atoms. The van der Waals surface area contributed by atoms with Gasteiger partial charge in [-0.3, -0.25) is 15.0 Å². The summed E-state index contributed by atoms with van der Waals surface area (Å²) in [6.45, 7) is 9.89. The third kappa shape index (κ3) is 5.74. The smallest absolute Gasteiger partial charge is 0.335 e. The SMILES string of the molecule is COc1c(C)cc2c(c1O)[C@H]1[C@H]([C@@H]3SC[C@]4(N[C@@H](CN)Cc5c4oc4ccccc54)C(=O)OCC(C)c4c5c(c(C)c(OC(C)=O)c43)OCO5)C[C@@H](C)[C@H](C2)N1C. The van der Waals surface area contributed by atoms with Gasteiger partial charge in [0.15, 0.2) is 28.5 Å². The first-order chi connectivity index (χ1) is 27.4. The van der Waals surface area contributed by atoms with Gasteiger partial charge in [-0.1, -0.05) is 38.1 Å². The Morgan fingerprint density at radius 2 is 1.86 bits per heavy atom. The number of carbonyl (C=O) groups is 2. The highest BCUT2D eigenvalue weighted by molar-refractivity contribution is 7.99. The maximum absolute atomic E-state index is 15.0. The maximum Gasteiger partial charge on any atom is 0.335 e. The number of esters is 2. The number of ether oxygens (including phenoxy) is 5. The van der Waals surface area contributed by atoms with Crippen molar-refractivity contribution in [3.05, 3.63) is 75.0 Å². The molecule has 5 aliphatic rings. The summed E-state index contributed by atoms with van der Waals surface area (Å²) in [5, 5.41) is 16.3. The van der Waals surface area contributed by atoms with Crippen LogP contribution in [0.15, 0.2) is 34.7 Å². The zero-order chi connectivity index (χ0) is 40.1. The van der Waals surface area contributed by atoms with Gasteiger partial charge in [-0.05, 0) is 69.2 Å². The highest BCUT2D eigenvalue weighted by Crippen LogP contribution is 2.62. The van der Waals surface area contributed by atoms with E-state index in [0.29, 0.717) is 52.9 Å². The molecule has 302 valence electrons. The monoisotopic (exact) mass is 797 g/mol. The van der Waals surface area contributed by atoms with Crippen molar-refractivity contribution in [2.45, 2.75) is 88.7 Å². The van der Waals surface area contributed by atoms with E-state index in [-0.39, 0.29) is 54.9 Å². The highest BCUT2D eigenvalue weighted by Gasteiger charge is 2.55. The number of hydrogen-bond donors (Lipinski definition) is 3. The molecule has 0 aliphatic carbocycles. The number of rotatable bonds is 4. The van der Waals surface area contributed by atoms with Gasteiger partial charge in [0, 0.05) is 81.7 Å². The summed E-state index contributed by atoms with van der Waals surface area (Å²) in [6, 6.07) is 9.75. The van der Waals surface area contributed by atoms with Crippen LogP contribution in [0.4, 0.5) is 0 Å². The second-order valence-electron chi connectivity index (χ2n) is 16.7. The standard InChI is InChI=1S/C44H51N3O9S/c1-20-13-29(35-33-25(14-30(20)47(35)6)12-21(2)37(51-7)36(33)49)41-34-32(40-39(53-19-54-40)23(4)38(34)55-24(5)48)22(3)17-52-43(50)44(18-57-41)42-28(15-26(16-45)46-44)27-10-8-9-11-31(27)56-42/h8-12,20,22,26,29-30,35,41,46,49H,13-19,45H2,1-7H3/t20-,22?,26-,29-,30+,35-,41+,44-/m1/s1. The van der Waals surface area contributed by atoms with E-state index in [2.05, 4.69) is 30.3 Å². The van der Waals surface area contributed by atoms with Crippen molar-refractivity contribution < 1.29 is 42.8 Å². The molecule has 1 aromatic heterocycles. The fourth-order valence-corrected chi connectivity index (χ4v) is 12.4. The number of methoxy groups -OCH3 is 1. The number of carbonyl (C=O) groups excluding carboxylic acids is 2. The molecule has 9 rings (SSSR count). The van der Waals surface area contributed by atoms with Crippen LogP contribution in [-0.2, 0) is 32.7 Å². The highest BCUT2D eigenvalue weighted by atomic mass is 32.2. The molecule has 12 nitrogen and oxygen atoms in total. The van der Waals surface area contributed by atoms with Crippen molar-refractivity contribution in [3.63, 3.8) is 0 Å². The number of phenols is 1. The van der Waals surface area contributed by atoms with E-state index in [0.717, 1.165) is 51.6 Å². The number of thioether (sulfide) groups is 1. The first-order valence-corrected chi connectivity index (χ1v) is 21.0. The van der Waals surface area contributed by atoms with Crippen LogP contribution in [0.25, 0.3) is 11.0 Å². The molecular formula is C44H51N3O9S. The second-order valence-corrected chi connectivity index (χ2v) is 17.8. The second kappa shape index (κ2) is 14.1. The van der Waals surface area contributed by atoms with Crippen molar-refractivity contribution in [3.8, 4) is 28.7 Å². The van der Waals surface area contributed by atoms with Crippen molar-refractivity contribution >= 4 is 34.7 Å². The molecule has 8 atom stereocenters. The average Bonchev–Trinajstić information content (AvgIpc) is 3.82. The number of nitrogens with zero attached hydrogens (tertiary/aromatic N) is 1. The summed E-state index contributed by atoms with van der Waals surface area (Å²) in [6.07, 6.45) is 2.18. The molecule has 1 spiro atoms. The van der Waals surface area contributed by atoms with Crippen molar-refractivity contribution in [1.29, 1.82) is 0 Å². The summed E-state index contributed by atoms with van der Waals surface area (Å²) >= 11 is 1.61. The quantitative estimate of drug-likeness (QED) is 0.153. The van der Waals surface area contributed by atoms with Gasteiger partial charge >= 0.3 is 11.9 Å². The molecule has 1 saturated heterocycles. The number of benzene rings is 3. The molecule has 0 radical (unpaired) electrons. The number of phenolic OH excluding ortho intramolecular Hbond substituents is 1. The molecule has 6 heterocycles. The van der Waals surface area contributed by atoms with Crippen LogP contribution in [0.2, 0.25) is 0 Å². The molecule has 4 aromatic rings. The fraction of sp³-hybridized carbons (Fsp3) is 0.500. The first-order valence-electron chi connectivity index (χ1n) is 19.9. The average molecular weight is 798 g/mol. The van der Waals surface area contributed by atoms with E-state index in [1.165, 1.54) is 6.92 Å². The Morgan fingerprint density at radius 3 is 2.61 bits per heavy atom. The number of aryl methyl sites for hydroxylation is 1. The Labute approximate surface area is 336 Å². The van der Waals surface area contributed by atoms with Crippen LogP contribution in [0.1, 0.15) is 89.1 Å². The Kier molecular flexibility index (Phi) is 9.45. The minimum absolute atomic E-state index is 0.00664. The van der Waals surface area contributed by atoms with Gasteiger partial charge in [-0.25, -0.2) is 4.79 Å². The molecule has 5 aliphatic heterocycles. The molecule has 4 N–H and O–H groups in total. The number of cyclic esters (lactones) is 1. The van der Waals surface area contributed by atoms with E-state index in [9.17, 15) is 14.7 Å². The Morgan fingerprint density at radius 1 is 1.09 bits per heavy atom. The number of para-hydroxylation sites is 1. The van der Waals surface area contributed by atoms with Gasteiger partial charge in [-0.2, -0.15) is 11.8 Å². The van der Waals surface area contributed by atoms with Crippen LogP contribution >= 0.6 is 11.8 Å². The molecule has 3 aromatic carbocycles. The number of nitrogens with one attached hydrogen (secondary N) is 1. The number of hydrogen-bond acceptors (Lipinski definition) is 13. The first kappa shape index (κ1) is 38.1. The van der Waals surface area contributed by atoms with E-state index in [1.54, 1.807) is 18.9 Å². The van der Waals surface area contributed by atoms with Gasteiger partial charge < -0.3 is 38.9 Å². The largest absolute Gasteiger partial charge is 0.504 e. The normalized spacial score (nSPS) is 29.3. The lowest BCUT2D eigenvalue weighted by molar-refractivity contribution is -0.153. The number of fused-ring (bicyclic) bond motifs is 11. The van der Waals surface area contributed by atoms with Gasteiger partial charge in [0.05, 0.1) is 13.7 Å². The van der Waals surface area contributed by atoms with Crippen LogP contribution in [0, 0.1) is 25.7 Å². The molecular weight excluding hydrogens is 747 g/mol. The van der Waals surface area contributed by atoms with Gasteiger partial charge in [-0.15, -0.1) is 0 Å². The minimum Gasteiger partial charge on any atom is -0.504 e. The van der Waals surface area contributed by atoms with Crippen molar-refractivity contribution in [2.75, 3.05) is 39.9 Å². The lowest BCUT2D eigenvalue weighted by atomic mass is 9.67. The van der Waals surface area contributed by atoms with E-state index < -0.39 is 28.6 Å². The third-order valence-electron chi connectivity index (χ3n) is 13.2. The lowest BCUT2D eigenvalue weighted by Crippen LogP contribution is -2.61. The fourth-order valence-electron chi connectivity index (χ4n) is 10.7. The Bertz CT molecular complexity index is 2310. The number of aromatic hydroxyl groups is 1. The number of furan rings is 1. The molecule has 1 unspecified atom stereocenters. The Hall–Kier alpha value is -4.43. The number of nitrogens with two attached hydrogens (primary N) is 1. The van der Waals surface area contributed by atoms with Gasteiger partial charge in [0.1, 0.15) is 17.1 Å². The topological polar surface area (TPSA) is 155 Å². The van der Waals surface area contributed by atoms with Crippen LogP contribution in [0.3, 0.4) is 0 Å². The predicted octanol–water partition coefficient (Wildman–Crippen LogP) is 6.47. The lowest BCUT2D eigenvalue weighted by Gasteiger charge is -2.54. The summed E-state index contributed by atoms with van der Waals surface area (Å²) in [7, 11) is 3.74. The zero-order valence-corrected chi connectivity index (χ0v) is 34.3. The summed E-state index contributed by atoms with van der Waals surface area (Å²) in [5.41, 5.74) is 11.7. The van der Waals surface area contributed by atoms with E-state index in [4.69, 9.17) is 33.8 Å². The van der Waals surface area contributed by atoms with Gasteiger partial charge in [0.25, 0.3) is 0 Å². The number of likely N-dealkylation sites (N-methyl/N-ethyl adjacent to an activating group) is 1.